The summed E-state index contributed by atoms with van der Waals surface area (Å²) in [7, 11) is 0. The fraction of sp³-hybridized carbons (Fsp3) is 0.800. The molecular weight excluding hydrogens is 208 g/mol. The quantitative estimate of drug-likeness (QED) is 0.419. The predicted octanol–water partition coefficient (Wildman–Crippen LogP) is 4.66. The van der Waals surface area contributed by atoms with Gasteiger partial charge >= 0.3 is 0 Å². The molecule has 0 spiro atoms. The van der Waals surface area contributed by atoms with Crippen molar-refractivity contribution in [2.45, 2.75) is 77.6 Å². The molecule has 0 fully saturated rings. The molecule has 2 heteroatoms. The molecule has 0 aromatic rings. The Morgan fingerprint density at radius 1 is 0.941 bits per heavy atom. The summed E-state index contributed by atoms with van der Waals surface area (Å²) in [5.74, 6) is 0. The van der Waals surface area contributed by atoms with Crippen LogP contribution in [-0.4, -0.2) is 0 Å². The number of nitrogens with zero attached hydrogens (tertiary/aromatic N) is 1. The van der Waals surface area contributed by atoms with E-state index in [1.54, 1.807) is 0 Å². The summed E-state index contributed by atoms with van der Waals surface area (Å²) in [4.78, 5) is 0. The van der Waals surface area contributed by atoms with E-state index in [2.05, 4.69) is 6.92 Å². The Hall–Kier alpha value is -0.970. The third-order valence-corrected chi connectivity index (χ3v) is 3.07. The SMILES string of the molecule is CCCCCCCCCCCCC(N)=CC#N. The van der Waals surface area contributed by atoms with E-state index in [1.165, 1.54) is 63.9 Å². The highest BCUT2D eigenvalue weighted by molar-refractivity contribution is 5.09. The van der Waals surface area contributed by atoms with Gasteiger partial charge in [0, 0.05) is 11.8 Å². The van der Waals surface area contributed by atoms with Crippen molar-refractivity contribution in [2.75, 3.05) is 0 Å². The maximum Gasteiger partial charge on any atom is 0.0930 e. The maximum atomic E-state index is 8.39. The number of unbranched alkanes of at least 4 members (excludes halogenated alkanes) is 9. The molecule has 0 aliphatic carbocycles. The lowest BCUT2D eigenvalue weighted by molar-refractivity contribution is 0.555. The monoisotopic (exact) mass is 236 g/mol. The molecule has 0 radical (unpaired) electrons. The molecule has 0 aromatic heterocycles. The Kier molecular flexibility index (Phi) is 12.3. The van der Waals surface area contributed by atoms with Gasteiger partial charge in [0.05, 0.1) is 6.07 Å². The Morgan fingerprint density at radius 3 is 1.88 bits per heavy atom. The first-order chi connectivity index (χ1) is 8.31. The average molecular weight is 236 g/mol. The van der Waals surface area contributed by atoms with Crippen LogP contribution in [0.3, 0.4) is 0 Å². The van der Waals surface area contributed by atoms with Gasteiger partial charge in [0.1, 0.15) is 0 Å². The maximum absolute atomic E-state index is 8.39. The second kappa shape index (κ2) is 13.1. The minimum Gasteiger partial charge on any atom is -0.401 e. The number of allylic oxidation sites excluding steroid dienone is 2. The third-order valence-electron chi connectivity index (χ3n) is 3.07. The molecule has 0 saturated heterocycles. The van der Waals surface area contributed by atoms with Gasteiger partial charge in [-0.25, -0.2) is 0 Å². The van der Waals surface area contributed by atoms with Crippen molar-refractivity contribution in [1.29, 1.82) is 5.26 Å². The van der Waals surface area contributed by atoms with E-state index in [4.69, 9.17) is 11.0 Å². The molecule has 0 heterocycles. The molecule has 0 aliphatic heterocycles. The van der Waals surface area contributed by atoms with Crippen LogP contribution in [0.25, 0.3) is 0 Å². The van der Waals surface area contributed by atoms with Crippen molar-refractivity contribution in [1.82, 2.24) is 0 Å². The first-order valence-electron chi connectivity index (χ1n) is 7.15. The van der Waals surface area contributed by atoms with Crippen LogP contribution < -0.4 is 5.73 Å². The van der Waals surface area contributed by atoms with Crippen molar-refractivity contribution in [3.8, 4) is 6.07 Å². The van der Waals surface area contributed by atoms with Gasteiger partial charge in [-0.3, -0.25) is 0 Å². The molecule has 2 N–H and O–H groups in total. The molecule has 0 amide bonds. The molecule has 0 saturated carbocycles. The van der Waals surface area contributed by atoms with Crippen LogP contribution in [0, 0.1) is 11.3 Å². The Bertz CT molecular complexity index is 226. The summed E-state index contributed by atoms with van der Waals surface area (Å²) in [6.07, 6.45) is 15.7. The van der Waals surface area contributed by atoms with Crippen LogP contribution in [0.5, 0.6) is 0 Å². The topological polar surface area (TPSA) is 49.8 Å². The zero-order chi connectivity index (χ0) is 12.8. The van der Waals surface area contributed by atoms with Gasteiger partial charge in [0.25, 0.3) is 0 Å². The molecule has 0 bridgehead atoms. The van der Waals surface area contributed by atoms with Crippen molar-refractivity contribution in [3.63, 3.8) is 0 Å². The zero-order valence-corrected chi connectivity index (χ0v) is 11.4. The van der Waals surface area contributed by atoms with E-state index in [9.17, 15) is 0 Å². The number of rotatable bonds is 11. The van der Waals surface area contributed by atoms with Crippen LogP contribution in [0.4, 0.5) is 0 Å². The summed E-state index contributed by atoms with van der Waals surface area (Å²) in [5.41, 5.74) is 6.36. The number of hydrogen-bond donors (Lipinski definition) is 1. The van der Waals surface area contributed by atoms with Crippen molar-refractivity contribution >= 4 is 0 Å². The standard InChI is InChI=1S/C15H28N2/c1-2-3-4-5-6-7-8-9-10-11-12-15(17)13-14-16/h13H,2-12,17H2,1H3. The molecule has 0 rings (SSSR count). The van der Waals surface area contributed by atoms with Gasteiger partial charge in [-0.2, -0.15) is 5.26 Å². The van der Waals surface area contributed by atoms with E-state index in [-0.39, 0.29) is 0 Å². The molecule has 0 atom stereocenters. The van der Waals surface area contributed by atoms with E-state index in [1.807, 2.05) is 6.07 Å². The fourth-order valence-electron chi connectivity index (χ4n) is 1.97. The van der Waals surface area contributed by atoms with Gasteiger partial charge in [-0.05, 0) is 12.8 Å². The Balaban J connectivity index is 3.09. The van der Waals surface area contributed by atoms with Gasteiger partial charge < -0.3 is 5.73 Å². The van der Waals surface area contributed by atoms with Crippen LogP contribution in [-0.2, 0) is 0 Å². The number of nitrogens with two attached hydrogens (primary N) is 1. The molecule has 0 aromatic carbocycles. The molecule has 0 aliphatic rings. The summed E-state index contributed by atoms with van der Waals surface area (Å²) in [6.45, 7) is 2.26. The number of hydrogen-bond acceptors (Lipinski definition) is 2. The van der Waals surface area contributed by atoms with E-state index >= 15 is 0 Å². The minimum absolute atomic E-state index is 0.729. The van der Waals surface area contributed by atoms with Crippen LogP contribution in [0.15, 0.2) is 11.8 Å². The summed E-state index contributed by atoms with van der Waals surface area (Å²) >= 11 is 0. The highest BCUT2D eigenvalue weighted by Gasteiger charge is 1.94. The van der Waals surface area contributed by atoms with Gasteiger partial charge in [-0.15, -0.1) is 0 Å². The van der Waals surface area contributed by atoms with Crippen molar-refractivity contribution < 1.29 is 0 Å². The van der Waals surface area contributed by atoms with Crippen LogP contribution >= 0.6 is 0 Å². The van der Waals surface area contributed by atoms with Crippen molar-refractivity contribution in [2.24, 2.45) is 5.73 Å². The smallest absolute Gasteiger partial charge is 0.0930 e. The van der Waals surface area contributed by atoms with Crippen molar-refractivity contribution in [3.05, 3.63) is 11.8 Å². The van der Waals surface area contributed by atoms with E-state index in [0.29, 0.717) is 0 Å². The highest BCUT2D eigenvalue weighted by Crippen LogP contribution is 2.12. The number of nitriles is 1. The molecule has 17 heavy (non-hydrogen) atoms. The van der Waals surface area contributed by atoms with E-state index in [0.717, 1.165) is 18.5 Å². The second-order valence-corrected chi connectivity index (χ2v) is 4.78. The molecule has 0 unspecified atom stereocenters. The molecular formula is C15H28N2. The molecule has 98 valence electrons. The van der Waals surface area contributed by atoms with E-state index < -0.39 is 0 Å². The lowest BCUT2D eigenvalue weighted by atomic mass is 10.1. The van der Waals surface area contributed by atoms with Gasteiger partial charge in [0.15, 0.2) is 0 Å². The Morgan fingerprint density at radius 2 is 1.41 bits per heavy atom. The van der Waals surface area contributed by atoms with Gasteiger partial charge in [0.2, 0.25) is 0 Å². The largest absolute Gasteiger partial charge is 0.401 e. The second-order valence-electron chi connectivity index (χ2n) is 4.78. The Labute approximate surface area is 107 Å². The first kappa shape index (κ1) is 16.0. The normalized spacial score (nSPS) is 11.4. The average Bonchev–Trinajstić information content (AvgIpc) is 2.32. The third kappa shape index (κ3) is 13.0. The lowest BCUT2D eigenvalue weighted by Crippen LogP contribution is -1.96. The molecule has 2 nitrogen and oxygen atoms in total. The predicted molar refractivity (Wildman–Crippen MR) is 74.3 cm³/mol. The first-order valence-corrected chi connectivity index (χ1v) is 7.15. The fourth-order valence-corrected chi connectivity index (χ4v) is 1.97. The summed E-state index contributed by atoms with van der Waals surface area (Å²) in [6, 6.07) is 1.97. The van der Waals surface area contributed by atoms with Gasteiger partial charge in [-0.1, -0.05) is 64.7 Å². The minimum atomic E-state index is 0.729. The van der Waals surface area contributed by atoms with Crippen LogP contribution in [0.1, 0.15) is 77.6 Å². The summed E-state index contributed by atoms with van der Waals surface area (Å²) < 4.78 is 0. The lowest BCUT2D eigenvalue weighted by Gasteiger charge is -2.02. The zero-order valence-electron chi connectivity index (χ0n) is 11.4. The summed E-state index contributed by atoms with van der Waals surface area (Å²) in [5, 5.41) is 8.39. The highest BCUT2D eigenvalue weighted by atomic mass is 14.6. The van der Waals surface area contributed by atoms with Crippen LogP contribution in [0.2, 0.25) is 0 Å².